The van der Waals surface area contributed by atoms with Crippen LogP contribution >= 0.6 is 11.6 Å². The third-order valence-electron chi connectivity index (χ3n) is 2.38. The van der Waals surface area contributed by atoms with Crippen LogP contribution in [-0.2, 0) is 16.1 Å². The first-order valence-electron chi connectivity index (χ1n) is 5.90. The Morgan fingerprint density at radius 3 is 2.72 bits per heavy atom. The molecule has 0 bridgehead atoms. The maximum atomic E-state index is 11.1. The Morgan fingerprint density at radius 2 is 2.06 bits per heavy atom. The minimum Gasteiger partial charge on any atom is -0.469 e. The average molecular weight is 269 g/mol. The van der Waals surface area contributed by atoms with E-state index in [1.54, 1.807) is 4.57 Å². The van der Waals surface area contributed by atoms with Crippen molar-refractivity contribution in [2.45, 2.75) is 26.8 Å². The zero-order valence-electron chi connectivity index (χ0n) is 10.8. The molecule has 0 saturated carbocycles. The first-order valence-corrected chi connectivity index (χ1v) is 6.28. The summed E-state index contributed by atoms with van der Waals surface area (Å²) in [5.74, 6) is -0.256. The van der Waals surface area contributed by atoms with Gasteiger partial charge in [0.25, 0.3) is 0 Å². The van der Waals surface area contributed by atoms with Gasteiger partial charge in [0.05, 0.1) is 24.6 Å². The summed E-state index contributed by atoms with van der Waals surface area (Å²) in [4.78, 5) is 15.2. The number of nitrogens with zero attached hydrogens (tertiary/aromatic N) is 2. The van der Waals surface area contributed by atoms with Gasteiger partial charge in [-0.1, -0.05) is 26.0 Å². The molecule has 0 unspecified atom stereocenters. The van der Waals surface area contributed by atoms with Crippen LogP contribution in [0.3, 0.4) is 0 Å². The summed E-state index contributed by atoms with van der Waals surface area (Å²) in [6.07, 6.45) is 0.288. The largest absolute Gasteiger partial charge is 0.469 e. The van der Waals surface area contributed by atoms with Gasteiger partial charge in [0.15, 0.2) is 0 Å². The van der Waals surface area contributed by atoms with Crippen molar-refractivity contribution in [1.29, 1.82) is 0 Å². The zero-order chi connectivity index (χ0) is 13.5. The van der Waals surface area contributed by atoms with E-state index in [0.29, 0.717) is 11.8 Å². The summed E-state index contributed by atoms with van der Waals surface area (Å²) < 4.78 is 6.38. The number of fused-ring (bicyclic) bond motifs is 1. The lowest BCUT2D eigenvalue weighted by Gasteiger charge is -2.04. The van der Waals surface area contributed by atoms with Gasteiger partial charge in [0.1, 0.15) is 0 Å². The predicted octanol–water partition coefficient (Wildman–Crippen LogP) is 3.28. The van der Waals surface area contributed by atoms with E-state index < -0.39 is 0 Å². The summed E-state index contributed by atoms with van der Waals surface area (Å²) in [6.45, 7) is 4.48. The number of aromatic nitrogens is 2. The molecule has 0 saturated heterocycles. The minimum absolute atomic E-state index is 0.256. The van der Waals surface area contributed by atoms with E-state index in [0.717, 1.165) is 11.0 Å². The highest BCUT2D eigenvalue weighted by Gasteiger charge is 2.09. The summed E-state index contributed by atoms with van der Waals surface area (Å²) >= 11 is 5.99. The first kappa shape index (κ1) is 14.5. The van der Waals surface area contributed by atoms with Crippen molar-refractivity contribution in [3.8, 4) is 0 Å². The van der Waals surface area contributed by atoms with Gasteiger partial charge in [-0.05, 0) is 23.7 Å². The van der Waals surface area contributed by atoms with Gasteiger partial charge >= 0.3 is 5.97 Å². The molecular formula is C13H17ClN2O2. The molecule has 1 aromatic heterocycles. The number of carbonyl (C=O) groups excluding carboxylic acids is 1. The van der Waals surface area contributed by atoms with Gasteiger partial charge in [-0.15, -0.1) is 0 Å². The summed E-state index contributed by atoms with van der Waals surface area (Å²) in [7, 11) is 1.37. The monoisotopic (exact) mass is 268 g/mol. The van der Waals surface area contributed by atoms with E-state index in [4.69, 9.17) is 11.6 Å². The highest BCUT2D eigenvalue weighted by Crippen LogP contribution is 2.19. The van der Waals surface area contributed by atoms with Crippen molar-refractivity contribution in [2.24, 2.45) is 0 Å². The number of esters is 1. The number of hydrogen-bond acceptors (Lipinski definition) is 3. The molecule has 0 amide bonds. The van der Waals surface area contributed by atoms with E-state index in [2.05, 4.69) is 9.72 Å². The Bertz CT molecular complexity index is 523. The lowest BCUT2D eigenvalue weighted by Crippen LogP contribution is -2.06. The van der Waals surface area contributed by atoms with E-state index in [-0.39, 0.29) is 12.4 Å². The molecule has 18 heavy (non-hydrogen) atoms. The third-order valence-corrected chi connectivity index (χ3v) is 2.66. The molecule has 0 aliphatic carbocycles. The molecular weight excluding hydrogens is 252 g/mol. The predicted molar refractivity (Wildman–Crippen MR) is 72.7 cm³/mol. The highest BCUT2D eigenvalue weighted by molar-refractivity contribution is 6.29. The average Bonchev–Trinajstić information content (AvgIpc) is 2.74. The number of imidazole rings is 1. The Labute approximate surface area is 112 Å². The van der Waals surface area contributed by atoms with Gasteiger partial charge in [0.2, 0.25) is 5.28 Å². The number of hydrogen-bond donors (Lipinski definition) is 0. The fourth-order valence-corrected chi connectivity index (χ4v) is 1.83. The Morgan fingerprint density at radius 1 is 1.39 bits per heavy atom. The van der Waals surface area contributed by atoms with Crippen LogP contribution in [0.1, 0.15) is 20.3 Å². The number of ether oxygens (including phenoxy) is 1. The summed E-state index contributed by atoms with van der Waals surface area (Å²) in [6, 6.07) is 7.62. The topological polar surface area (TPSA) is 44.1 Å². The second-order valence-corrected chi connectivity index (χ2v) is 3.69. The Balaban J connectivity index is 0.000000771. The van der Waals surface area contributed by atoms with Gasteiger partial charge in [-0.3, -0.25) is 4.79 Å². The molecule has 98 valence electrons. The quantitative estimate of drug-likeness (QED) is 0.803. The number of para-hydroxylation sites is 2. The van der Waals surface area contributed by atoms with Crippen molar-refractivity contribution < 1.29 is 9.53 Å². The summed E-state index contributed by atoms with van der Waals surface area (Å²) in [5.41, 5.74) is 1.76. The molecule has 1 aromatic carbocycles. The van der Waals surface area contributed by atoms with Crippen LogP contribution in [-0.4, -0.2) is 22.6 Å². The van der Waals surface area contributed by atoms with Crippen LogP contribution in [0.15, 0.2) is 24.3 Å². The van der Waals surface area contributed by atoms with Crippen molar-refractivity contribution in [3.63, 3.8) is 0 Å². The molecule has 5 heteroatoms. The standard InChI is InChI=1S/C11H11ClN2O2.C2H6/c1-16-10(15)6-7-14-9-5-3-2-4-8(9)13-11(14)12;1-2/h2-5H,6-7H2,1H3;1-2H3. The van der Waals surface area contributed by atoms with Crippen LogP contribution in [0.25, 0.3) is 11.0 Å². The third kappa shape index (κ3) is 3.23. The molecule has 2 aromatic rings. The fraction of sp³-hybridized carbons (Fsp3) is 0.385. The number of halogens is 1. The van der Waals surface area contributed by atoms with Crippen molar-refractivity contribution >= 4 is 28.6 Å². The molecule has 0 spiro atoms. The smallest absolute Gasteiger partial charge is 0.307 e. The van der Waals surface area contributed by atoms with Crippen molar-refractivity contribution in [1.82, 2.24) is 9.55 Å². The van der Waals surface area contributed by atoms with E-state index >= 15 is 0 Å². The number of rotatable bonds is 3. The molecule has 0 radical (unpaired) electrons. The molecule has 2 rings (SSSR count). The Kier molecular flexibility index (Phi) is 5.65. The molecule has 0 atom stereocenters. The van der Waals surface area contributed by atoms with Crippen LogP contribution in [0.2, 0.25) is 5.28 Å². The van der Waals surface area contributed by atoms with Gasteiger partial charge in [-0.2, -0.15) is 0 Å². The number of benzene rings is 1. The fourth-order valence-electron chi connectivity index (χ4n) is 1.56. The van der Waals surface area contributed by atoms with Crippen LogP contribution in [0, 0.1) is 0 Å². The zero-order valence-corrected chi connectivity index (χ0v) is 11.6. The lowest BCUT2D eigenvalue weighted by molar-refractivity contribution is -0.140. The molecule has 0 fully saturated rings. The van der Waals surface area contributed by atoms with Crippen molar-refractivity contribution in [3.05, 3.63) is 29.5 Å². The maximum absolute atomic E-state index is 11.1. The molecule has 0 aliphatic heterocycles. The second kappa shape index (κ2) is 7.01. The lowest BCUT2D eigenvalue weighted by atomic mass is 10.3. The van der Waals surface area contributed by atoms with Crippen LogP contribution in [0.4, 0.5) is 0 Å². The minimum atomic E-state index is -0.256. The Hall–Kier alpha value is -1.55. The van der Waals surface area contributed by atoms with Crippen LogP contribution < -0.4 is 0 Å². The van der Waals surface area contributed by atoms with E-state index in [1.807, 2.05) is 38.1 Å². The first-order chi connectivity index (χ1) is 8.72. The van der Waals surface area contributed by atoms with E-state index in [9.17, 15) is 4.79 Å². The second-order valence-electron chi connectivity index (χ2n) is 3.35. The maximum Gasteiger partial charge on any atom is 0.307 e. The normalized spacial score (nSPS) is 9.78. The molecule has 1 heterocycles. The number of methoxy groups -OCH3 is 1. The van der Waals surface area contributed by atoms with Gasteiger partial charge in [-0.25, -0.2) is 4.98 Å². The van der Waals surface area contributed by atoms with E-state index in [1.165, 1.54) is 7.11 Å². The number of aryl methyl sites for hydroxylation is 1. The molecule has 0 N–H and O–H groups in total. The van der Waals surface area contributed by atoms with Gasteiger partial charge < -0.3 is 9.30 Å². The highest BCUT2D eigenvalue weighted by atomic mass is 35.5. The summed E-state index contributed by atoms with van der Waals surface area (Å²) in [5, 5.41) is 0.394. The van der Waals surface area contributed by atoms with Crippen molar-refractivity contribution in [2.75, 3.05) is 7.11 Å². The van der Waals surface area contributed by atoms with Gasteiger partial charge in [0, 0.05) is 6.54 Å². The van der Waals surface area contributed by atoms with Crippen LogP contribution in [0.5, 0.6) is 0 Å². The molecule has 4 nitrogen and oxygen atoms in total. The SMILES string of the molecule is CC.COC(=O)CCn1c(Cl)nc2ccccc21. The molecule has 0 aliphatic rings. The number of carbonyl (C=O) groups is 1.